The van der Waals surface area contributed by atoms with E-state index in [9.17, 15) is 8.42 Å². The molecule has 0 aromatic carbocycles. The second-order valence-corrected chi connectivity index (χ2v) is 7.02. The minimum Gasteiger partial charge on any atom is -0.327 e. The first kappa shape index (κ1) is 13.3. The molecule has 0 aliphatic carbocycles. The predicted octanol–water partition coefficient (Wildman–Crippen LogP) is 0.748. The molecule has 0 bridgehead atoms. The first-order chi connectivity index (χ1) is 5.83. The third-order valence-corrected chi connectivity index (χ3v) is 4.08. The van der Waals surface area contributed by atoms with Gasteiger partial charge in [0.1, 0.15) is 9.84 Å². The molecule has 0 amide bonds. The van der Waals surface area contributed by atoms with Gasteiger partial charge in [-0.2, -0.15) is 11.8 Å². The Morgan fingerprint density at radius 2 is 1.92 bits per heavy atom. The van der Waals surface area contributed by atoms with Crippen LogP contribution in [0.4, 0.5) is 0 Å². The predicted molar refractivity (Wildman–Crippen MR) is 59.8 cm³/mol. The van der Waals surface area contributed by atoms with Crippen molar-refractivity contribution in [2.75, 3.05) is 23.5 Å². The van der Waals surface area contributed by atoms with Gasteiger partial charge in [-0.15, -0.1) is 0 Å². The second kappa shape index (κ2) is 5.88. The van der Waals surface area contributed by atoms with E-state index in [-0.39, 0.29) is 11.8 Å². The molecule has 2 N–H and O–H groups in total. The molecule has 0 aliphatic heterocycles. The van der Waals surface area contributed by atoms with Gasteiger partial charge in [0.2, 0.25) is 0 Å². The van der Waals surface area contributed by atoms with Crippen LogP contribution in [0.25, 0.3) is 0 Å². The Labute approximate surface area is 85.4 Å². The summed E-state index contributed by atoms with van der Waals surface area (Å²) in [6, 6.07) is 0.171. The summed E-state index contributed by atoms with van der Waals surface area (Å²) in [6.07, 6.45) is 1.26. The second-order valence-electron chi connectivity index (χ2n) is 3.61. The summed E-state index contributed by atoms with van der Waals surface area (Å²) in [5, 5.41) is 0. The molecule has 80 valence electrons. The fourth-order valence-electron chi connectivity index (χ4n) is 0.622. The molecule has 1 unspecified atom stereocenters. The third-order valence-electron chi connectivity index (χ3n) is 1.77. The van der Waals surface area contributed by atoms with Crippen LogP contribution in [-0.4, -0.2) is 38.0 Å². The highest BCUT2D eigenvalue weighted by Crippen LogP contribution is 2.08. The van der Waals surface area contributed by atoms with Crippen molar-refractivity contribution in [3.8, 4) is 0 Å². The minimum atomic E-state index is -2.80. The van der Waals surface area contributed by atoms with Crippen LogP contribution < -0.4 is 5.73 Å². The van der Waals surface area contributed by atoms with E-state index in [2.05, 4.69) is 13.8 Å². The zero-order chi connectivity index (χ0) is 10.5. The lowest BCUT2D eigenvalue weighted by Crippen LogP contribution is -2.29. The molecular weight excluding hydrogens is 206 g/mol. The zero-order valence-corrected chi connectivity index (χ0v) is 10.1. The van der Waals surface area contributed by atoms with Crippen LogP contribution in [0.1, 0.15) is 13.8 Å². The molecule has 0 aromatic rings. The summed E-state index contributed by atoms with van der Waals surface area (Å²) < 4.78 is 21.5. The minimum absolute atomic E-state index is 0.171. The third kappa shape index (κ3) is 8.59. The molecule has 0 radical (unpaired) electrons. The maximum atomic E-state index is 10.8. The molecule has 0 aliphatic rings. The van der Waals surface area contributed by atoms with Gasteiger partial charge in [0.25, 0.3) is 0 Å². The zero-order valence-electron chi connectivity index (χ0n) is 8.49. The molecule has 3 nitrogen and oxygen atoms in total. The summed E-state index contributed by atoms with van der Waals surface area (Å²) in [6.45, 7) is 4.14. The molecule has 0 aromatic heterocycles. The van der Waals surface area contributed by atoms with E-state index in [1.165, 1.54) is 6.26 Å². The Balaban J connectivity index is 3.47. The lowest BCUT2D eigenvalue weighted by Gasteiger charge is -2.14. The maximum Gasteiger partial charge on any atom is 0.148 e. The van der Waals surface area contributed by atoms with E-state index in [4.69, 9.17) is 5.73 Å². The van der Waals surface area contributed by atoms with Crippen molar-refractivity contribution in [3.63, 3.8) is 0 Å². The lowest BCUT2D eigenvalue weighted by molar-refractivity contribution is 0.535. The molecule has 1 atom stereocenters. The summed E-state index contributed by atoms with van der Waals surface area (Å²) >= 11 is 1.61. The van der Waals surface area contributed by atoms with E-state index in [1.54, 1.807) is 11.8 Å². The standard InChI is InChI=1S/C8H19NO2S2/c1-7(2)8(9)6-12-4-5-13(3,10)11/h7-8H,4-6,9H2,1-3H3. The Bertz CT molecular complexity index is 224. The van der Waals surface area contributed by atoms with E-state index in [0.717, 1.165) is 5.75 Å². The van der Waals surface area contributed by atoms with Gasteiger partial charge in [-0.3, -0.25) is 0 Å². The molecular formula is C8H19NO2S2. The van der Waals surface area contributed by atoms with Gasteiger partial charge in [0.15, 0.2) is 0 Å². The quantitative estimate of drug-likeness (QED) is 0.678. The first-order valence-electron chi connectivity index (χ1n) is 4.34. The van der Waals surface area contributed by atoms with E-state index in [1.807, 2.05) is 0 Å². The van der Waals surface area contributed by atoms with E-state index in [0.29, 0.717) is 11.7 Å². The Kier molecular flexibility index (Phi) is 6.00. The van der Waals surface area contributed by atoms with Crippen LogP contribution in [0.3, 0.4) is 0 Å². The molecule has 5 heteroatoms. The highest BCUT2D eigenvalue weighted by atomic mass is 32.2. The molecule has 0 rings (SSSR count). The largest absolute Gasteiger partial charge is 0.327 e. The molecule has 0 spiro atoms. The van der Waals surface area contributed by atoms with Crippen LogP contribution >= 0.6 is 11.8 Å². The highest BCUT2D eigenvalue weighted by molar-refractivity contribution is 8.00. The van der Waals surface area contributed by atoms with E-state index < -0.39 is 9.84 Å². The Hall–Kier alpha value is 0.260. The normalized spacial score (nSPS) is 14.8. The SMILES string of the molecule is CC(C)C(N)CSCCS(C)(=O)=O. The Morgan fingerprint density at radius 1 is 1.38 bits per heavy atom. The molecule has 0 heterocycles. The maximum absolute atomic E-state index is 10.8. The fourth-order valence-corrected chi connectivity index (χ4v) is 3.13. The van der Waals surface area contributed by atoms with Crippen molar-refractivity contribution in [2.45, 2.75) is 19.9 Å². The van der Waals surface area contributed by atoms with Gasteiger partial charge in [0, 0.05) is 23.8 Å². The lowest BCUT2D eigenvalue weighted by atomic mass is 10.1. The summed E-state index contributed by atoms with van der Waals surface area (Å²) in [5.74, 6) is 2.21. The smallest absolute Gasteiger partial charge is 0.148 e. The van der Waals surface area contributed by atoms with Gasteiger partial charge in [-0.1, -0.05) is 13.8 Å². The van der Waals surface area contributed by atoms with E-state index >= 15 is 0 Å². The van der Waals surface area contributed by atoms with Gasteiger partial charge in [-0.25, -0.2) is 8.42 Å². The number of sulfone groups is 1. The topological polar surface area (TPSA) is 60.2 Å². The average molecular weight is 225 g/mol. The van der Waals surface area contributed by atoms with Crippen LogP contribution in [0.2, 0.25) is 0 Å². The summed E-state index contributed by atoms with van der Waals surface area (Å²) in [4.78, 5) is 0. The number of hydrogen-bond donors (Lipinski definition) is 1. The van der Waals surface area contributed by atoms with Gasteiger partial charge >= 0.3 is 0 Å². The summed E-state index contributed by atoms with van der Waals surface area (Å²) in [5.41, 5.74) is 5.80. The fraction of sp³-hybridized carbons (Fsp3) is 1.00. The van der Waals surface area contributed by atoms with Crippen LogP contribution in [0, 0.1) is 5.92 Å². The van der Waals surface area contributed by atoms with Gasteiger partial charge in [-0.05, 0) is 5.92 Å². The average Bonchev–Trinajstić information content (AvgIpc) is 1.95. The monoisotopic (exact) mass is 225 g/mol. The number of hydrogen-bond acceptors (Lipinski definition) is 4. The van der Waals surface area contributed by atoms with Crippen molar-refractivity contribution >= 4 is 21.6 Å². The Morgan fingerprint density at radius 3 is 2.31 bits per heavy atom. The van der Waals surface area contributed by atoms with Crippen molar-refractivity contribution < 1.29 is 8.42 Å². The molecule has 0 saturated heterocycles. The first-order valence-corrected chi connectivity index (χ1v) is 7.55. The number of thioether (sulfide) groups is 1. The molecule has 13 heavy (non-hydrogen) atoms. The van der Waals surface area contributed by atoms with Crippen LogP contribution in [0.5, 0.6) is 0 Å². The number of rotatable bonds is 6. The van der Waals surface area contributed by atoms with Crippen molar-refractivity contribution in [1.29, 1.82) is 0 Å². The van der Waals surface area contributed by atoms with Crippen LogP contribution in [-0.2, 0) is 9.84 Å². The molecule has 0 saturated carbocycles. The molecule has 0 fully saturated rings. The number of nitrogens with two attached hydrogens (primary N) is 1. The van der Waals surface area contributed by atoms with Crippen LogP contribution in [0.15, 0.2) is 0 Å². The van der Waals surface area contributed by atoms with Crippen molar-refractivity contribution in [3.05, 3.63) is 0 Å². The van der Waals surface area contributed by atoms with Gasteiger partial charge < -0.3 is 5.73 Å². The highest BCUT2D eigenvalue weighted by Gasteiger charge is 2.08. The van der Waals surface area contributed by atoms with Crippen molar-refractivity contribution in [2.24, 2.45) is 11.7 Å². The van der Waals surface area contributed by atoms with Gasteiger partial charge in [0.05, 0.1) is 5.75 Å². The summed E-state index contributed by atoms with van der Waals surface area (Å²) in [7, 11) is -2.80. The van der Waals surface area contributed by atoms with Crippen molar-refractivity contribution in [1.82, 2.24) is 0 Å².